The summed E-state index contributed by atoms with van der Waals surface area (Å²) in [5.41, 5.74) is -0.671. The molecule has 0 aliphatic heterocycles. The van der Waals surface area contributed by atoms with E-state index in [1.165, 1.54) is 0 Å². The molecule has 0 saturated carbocycles. The third kappa shape index (κ3) is 1.36. The van der Waals surface area contributed by atoms with Crippen molar-refractivity contribution >= 4 is 6.29 Å². The number of hydrogen-bond acceptors (Lipinski definition) is 2. The first kappa shape index (κ1) is 7.71. The number of carbonyl (C=O) groups is 1. The summed E-state index contributed by atoms with van der Waals surface area (Å²) in [6.07, 6.45) is 0.0170. The number of pyridine rings is 1. The Hall–Kier alpha value is -1.39. The van der Waals surface area contributed by atoms with E-state index in [9.17, 15) is 18.0 Å². The van der Waals surface area contributed by atoms with Gasteiger partial charge in [-0.15, -0.1) is 0 Å². The molecule has 1 aromatic heterocycles. The molecule has 2 nitrogen and oxygen atoms in total. The molecule has 0 bridgehead atoms. The monoisotopic (exact) mass is 161 g/mol. The minimum absolute atomic E-state index is 0.0170. The quantitative estimate of drug-likeness (QED) is 0.459. The Balaban J connectivity index is 3.35. The Morgan fingerprint density at radius 3 is 2.55 bits per heavy atom. The molecule has 11 heavy (non-hydrogen) atoms. The van der Waals surface area contributed by atoms with E-state index in [0.717, 1.165) is 0 Å². The summed E-state index contributed by atoms with van der Waals surface area (Å²) in [5.74, 6) is -4.25. The second kappa shape index (κ2) is 2.69. The van der Waals surface area contributed by atoms with Crippen LogP contribution in [0.5, 0.6) is 0 Å². The van der Waals surface area contributed by atoms with Crippen molar-refractivity contribution in [1.82, 2.24) is 4.98 Å². The van der Waals surface area contributed by atoms with Crippen LogP contribution in [-0.2, 0) is 0 Å². The molecule has 0 N–H and O–H groups in total. The molecule has 1 heterocycles. The van der Waals surface area contributed by atoms with Crippen LogP contribution in [0.2, 0.25) is 0 Å². The predicted octanol–water partition coefficient (Wildman–Crippen LogP) is 1.31. The van der Waals surface area contributed by atoms with Crippen LogP contribution in [0.4, 0.5) is 13.2 Å². The van der Waals surface area contributed by atoms with Gasteiger partial charge in [-0.1, -0.05) is 0 Å². The highest BCUT2D eigenvalue weighted by molar-refractivity contribution is 5.74. The van der Waals surface area contributed by atoms with Gasteiger partial charge in [0.25, 0.3) is 5.95 Å². The molecule has 0 radical (unpaired) electrons. The lowest BCUT2D eigenvalue weighted by atomic mass is 10.3. The van der Waals surface area contributed by atoms with Gasteiger partial charge in [-0.3, -0.25) is 4.79 Å². The number of hydrogen-bond donors (Lipinski definition) is 0. The molecule has 0 unspecified atom stereocenters. The Morgan fingerprint density at radius 2 is 2.00 bits per heavy atom. The third-order valence-electron chi connectivity index (χ3n) is 1.04. The Morgan fingerprint density at radius 1 is 1.36 bits per heavy atom. The van der Waals surface area contributed by atoms with Gasteiger partial charge in [0.2, 0.25) is 5.95 Å². The fourth-order valence-corrected chi connectivity index (χ4v) is 0.572. The molecule has 0 fully saturated rings. The van der Waals surface area contributed by atoms with Crippen LogP contribution in [0.3, 0.4) is 0 Å². The molecule has 58 valence electrons. The van der Waals surface area contributed by atoms with E-state index >= 15 is 0 Å². The number of aldehydes is 1. The van der Waals surface area contributed by atoms with Crippen LogP contribution in [0.25, 0.3) is 0 Å². The molecule has 0 aliphatic rings. The number of aromatic nitrogens is 1. The van der Waals surface area contributed by atoms with Crippen LogP contribution >= 0.6 is 0 Å². The summed E-state index contributed by atoms with van der Waals surface area (Å²) in [4.78, 5) is 12.4. The van der Waals surface area contributed by atoms with Gasteiger partial charge in [-0.05, 0) is 0 Å². The van der Waals surface area contributed by atoms with Crippen molar-refractivity contribution in [3.8, 4) is 0 Å². The highest BCUT2D eigenvalue weighted by Gasteiger charge is 2.10. The van der Waals surface area contributed by atoms with Gasteiger partial charge < -0.3 is 0 Å². The van der Waals surface area contributed by atoms with E-state index in [1.54, 1.807) is 0 Å². The molecule has 1 aromatic rings. The van der Waals surface area contributed by atoms with E-state index in [2.05, 4.69) is 4.98 Å². The van der Waals surface area contributed by atoms with Gasteiger partial charge in [0.1, 0.15) is 0 Å². The summed E-state index contributed by atoms with van der Waals surface area (Å²) >= 11 is 0. The number of halogens is 3. The minimum atomic E-state index is -1.60. The highest BCUT2D eigenvalue weighted by atomic mass is 19.2. The molecule has 5 heteroatoms. The van der Waals surface area contributed by atoms with E-state index in [4.69, 9.17) is 0 Å². The zero-order valence-electron chi connectivity index (χ0n) is 5.14. The van der Waals surface area contributed by atoms with Crippen LogP contribution in [0, 0.1) is 17.7 Å². The van der Waals surface area contributed by atoms with Gasteiger partial charge in [0.05, 0.1) is 5.56 Å². The minimum Gasteiger partial charge on any atom is -0.298 e. The van der Waals surface area contributed by atoms with Crippen molar-refractivity contribution in [1.29, 1.82) is 0 Å². The number of carbonyl (C=O) groups excluding carboxylic acids is 1. The first-order valence-electron chi connectivity index (χ1n) is 2.62. The zero-order valence-corrected chi connectivity index (χ0v) is 5.14. The molecular formula is C6H2F3NO. The van der Waals surface area contributed by atoms with Crippen LogP contribution < -0.4 is 0 Å². The SMILES string of the molecule is O=Cc1cc(F)nc(F)c1F. The van der Waals surface area contributed by atoms with Crippen molar-refractivity contribution in [3.05, 3.63) is 29.3 Å². The second-order valence-electron chi connectivity index (χ2n) is 1.76. The van der Waals surface area contributed by atoms with Crippen molar-refractivity contribution in [2.24, 2.45) is 0 Å². The van der Waals surface area contributed by atoms with E-state index in [0.29, 0.717) is 6.07 Å². The maximum atomic E-state index is 12.3. The normalized spacial score (nSPS) is 9.73. The van der Waals surface area contributed by atoms with Gasteiger partial charge in [-0.2, -0.15) is 13.8 Å². The average molecular weight is 161 g/mol. The smallest absolute Gasteiger partial charge is 0.252 e. The molecule has 0 aliphatic carbocycles. The van der Waals surface area contributed by atoms with Crippen LogP contribution in [0.1, 0.15) is 10.4 Å². The lowest BCUT2D eigenvalue weighted by molar-refractivity contribution is 0.111. The Kier molecular flexibility index (Phi) is 1.89. The molecular weight excluding hydrogens is 159 g/mol. The maximum absolute atomic E-state index is 12.3. The first-order valence-corrected chi connectivity index (χ1v) is 2.62. The molecule has 1 rings (SSSR count). The summed E-state index contributed by atoms with van der Waals surface area (Å²) in [6, 6.07) is 0.519. The topological polar surface area (TPSA) is 30.0 Å². The third-order valence-corrected chi connectivity index (χ3v) is 1.04. The largest absolute Gasteiger partial charge is 0.298 e. The molecule has 0 atom stereocenters. The van der Waals surface area contributed by atoms with Gasteiger partial charge in [0, 0.05) is 6.07 Å². The molecule has 0 spiro atoms. The Labute approximate surface area is 59.7 Å². The van der Waals surface area contributed by atoms with Crippen molar-refractivity contribution in [2.45, 2.75) is 0 Å². The number of rotatable bonds is 1. The average Bonchev–Trinajstić information content (AvgIpc) is 1.96. The fourth-order valence-electron chi connectivity index (χ4n) is 0.572. The van der Waals surface area contributed by atoms with E-state index in [-0.39, 0.29) is 6.29 Å². The van der Waals surface area contributed by atoms with Gasteiger partial charge >= 0.3 is 0 Å². The van der Waals surface area contributed by atoms with Crippen LogP contribution in [0.15, 0.2) is 6.07 Å². The van der Waals surface area contributed by atoms with Crippen molar-refractivity contribution in [2.75, 3.05) is 0 Å². The summed E-state index contributed by atoms with van der Waals surface area (Å²) in [7, 11) is 0. The molecule has 0 aromatic carbocycles. The van der Waals surface area contributed by atoms with Crippen molar-refractivity contribution in [3.63, 3.8) is 0 Å². The maximum Gasteiger partial charge on any atom is 0.252 e. The van der Waals surface area contributed by atoms with E-state index < -0.39 is 23.3 Å². The van der Waals surface area contributed by atoms with Crippen LogP contribution in [-0.4, -0.2) is 11.3 Å². The standard InChI is InChI=1S/C6H2F3NO/c7-4-1-3(2-11)5(8)6(9)10-4/h1-2H. The predicted molar refractivity (Wildman–Crippen MR) is 29.5 cm³/mol. The highest BCUT2D eigenvalue weighted by Crippen LogP contribution is 2.08. The summed E-state index contributed by atoms with van der Waals surface area (Å²) < 4.78 is 36.6. The second-order valence-corrected chi connectivity index (χ2v) is 1.76. The number of nitrogens with zero attached hydrogens (tertiary/aromatic N) is 1. The van der Waals surface area contributed by atoms with Crippen molar-refractivity contribution < 1.29 is 18.0 Å². The lowest BCUT2D eigenvalue weighted by Gasteiger charge is -1.94. The first-order chi connectivity index (χ1) is 5.15. The fraction of sp³-hybridized carbons (Fsp3) is 0. The lowest BCUT2D eigenvalue weighted by Crippen LogP contribution is -1.98. The van der Waals surface area contributed by atoms with E-state index in [1.807, 2.05) is 0 Å². The Bertz CT molecular complexity index is 300. The zero-order chi connectivity index (χ0) is 8.43. The summed E-state index contributed by atoms with van der Waals surface area (Å²) in [5, 5.41) is 0. The van der Waals surface area contributed by atoms with Gasteiger partial charge in [0.15, 0.2) is 12.1 Å². The molecule has 0 saturated heterocycles. The molecule has 0 amide bonds. The van der Waals surface area contributed by atoms with Gasteiger partial charge in [-0.25, -0.2) is 4.39 Å². The summed E-state index contributed by atoms with van der Waals surface area (Å²) in [6.45, 7) is 0.